The topological polar surface area (TPSA) is 55.1 Å². The van der Waals surface area contributed by atoms with Gasteiger partial charge < -0.3 is 5.32 Å². The SMILES string of the molecule is Cc1nnc2c(NCc3cc(F)ccc3F)nccn12. The molecular formula is C13H11F2N5. The molecule has 3 aromatic rings. The molecule has 1 aromatic carbocycles. The summed E-state index contributed by atoms with van der Waals surface area (Å²) in [7, 11) is 0. The van der Waals surface area contributed by atoms with Crippen LogP contribution in [0.1, 0.15) is 11.4 Å². The minimum Gasteiger partial charge on any atom is -0.363 e. The summed E-state index contributed by atoms with van der Waals surface area (Å²) in [6.07, 6.45) is 3.33. The van der Waals surface area contributed by atoms with Crippen LogP contribution in [0.4, 0.5) is 14.6 Å². The molecule has 0 bridgehead atoms. The van der Waals surface area contributed by atoms with Gasteiger partial charge in [-0.2, -0.15) is 0 Å². The summed E-state index contributed by atoms with van der Waals surface area (Å²) in [6.45, 7) is 1.93. The summed E-state index contributed by atoms with van der Waals surface area (Å²) < 4.78 is 28.4. The van der Waals surface area contributed by atoms with E-state index in [4.69, 9.17) is 0 Å². The second-order valence-corrected chi connectivity index (χ2v) is 4.31. The fourth-order valence-corrected chi connectivity index (χ4v) is 1.92. The van der Waals surface area contributed by atoms with Crippen molar-refractivity contribution in [3.63, 3.8) is 0 Å². The fraction of sp³-hybridized carbons (Fsp3) is 0.154. The van der Waals surface area contributed by atoms with Crippen LogP contribution in [0.2, 0.25) is 0 Å². The van der Waals surface area contributed by atoms with Crippen LogP contribution < -0.4 is 5.32 Å². The van der Waals surface area contributed by atoms with Crippen LogP contribution in [0.3, 0.4) is 0 Å². The van der Waals surface area contributed by atoms with Gasteiger partial charge >= 0.3 is 0 Å². The van der Waals surface area contributed by atoms with Crippen molar-refractivity contribution in [1.29, 1.82) is 0 Å². The molecule has 2 aromatic heterocycles. The molecule has 0 aliphatic carbocycles. The Morgan fingerprint density at radius 1 is 1.25 bits per heavy atom. The first-order valence-corrected chi connectivity index (χ1v) is 5.99. The first-order chi connectivity index (χ1) is 9.65. The van der Waals surface area contributed by atoms with Gasteiger partial charge in [-0.3, -0.25) is 4.40 Å². The number of halogens is 2. The molecular weight excluding hydrogens is 264 g/mol. The van der Waals surface area contributed by atoms with Crippen LogP contribution in [0.25, 0.3) is 5.65 Å². The van der Waals surface area contributed by atoms with Gasteiger partial charge in [-0.05, 0) is 25.1 Å². The Bertz CT molecular complexity index is 769. The van der Waals surface area contributed by atoms with Gasteiger partial charge in [-0.25, -0.2) is 13.8 Å². The number of aryl methyl sites for hydroxylation is 1. The van der Waals surface area contributed by atoms with E-state index in [1.165, 1.54) is 0 Å². The summed E-state index contributed by atoms with van der Waals surface area (Å²) in [5.74, 6) is 0.246. The van der Waals surface area contributed by atoms with Gasteiger partial charge in [-0.1, -0.05) is 0 Å². The lowest BCUT2D eigenvalue weighted by atomic mass is 10.2. The van der Waals surface area contributed by atoms with Crippen LogP contribution >= 0.6 is 0 Å². The zero-order chi connectivity index (χ0) is 14.1. The smallest absolute Gasteiger partial charge is 0.203 e. The number of hydrogen-bond acceptors (Lipinski definition) is 4. The van der Waals surface area contributed by atoms with Gasteiger partial charge in [0.15, 0.2) is 5.82 Å². The maximum atomic E-state index is 13.5. The average molecular weight is 275 g/mol. The summed E-state index contributed by atoms with van der Waals surface area (Å²) >= 11 is 0. The average Bonchev–Trinajstić information content (AvgIpc) is 2.82. The minimum absolute atomic E-state index is 0.113. The largest absolute Gasteiger partial charge is 0.363 e. The van der Waals surface area contributed by atoms with Gasteiger partial charge in [0.2, 0.25) is 5.65 Å². The zero-order valence-electron chi connectivity index (χ0n) is 10.6. The van der Waals surface area contributed by atoms with E-state index in [0.29, 0.717) is 11.5 Å². The number of aromatic nitrogens is 4. The second kappa shape index (κ2) is 4.84. The quantitative estimate of drug-likeness (QED) is 0.797. The van der Waals surface area contributed by atoms with Gasteiger partial charge in [0.25, 0.3) is 0 Å². The zero-order valence-corrected chi connectivity index (χ0v) is 10.6. The molecule has 5 nitrogen and oxygen atoms in total. The maximum absolute atomic E-state index is 13.5. The molecule has 2 heterocycles. The molecule has 0 atom stereocenters. The highest BCUT2D eigenvalue weighted by Gasteiger charge is 2.09. The van der Waals surface area contributed by atoms with Crippen molar-refractivity contribution in [3.8, 4) is 0 Å². The lowest BCUT2D eigenvalue weighted by molar-refractivity contribution is 0.587. The van der Waals surface area contributed by atoms with Crippen LogP contribution in [0, 0.1) is 18.6 Å². The molecule has 102 valence electrons. The van der Waals surface area contributed by atoms with Crippen LogP contribution in [0.15, 0.2) is 30.6 Å². The van der Waals surface area contributed by atoms with Crippen molar-refractivity contribution in [2.75, 3.05) is 5.32 Å². The first kappa shape index (κ1) is 12.5. The molecule has 0 unspecified atom stereocenters. The van der Waals surface area contributed by atoms with E-state index in [2.05, 4.69) is 20.5 Å². The van der Waals surface area contributed by atoms with E-state index in [-0.39, 0.29) is 12.1 Å². The molecule has 0 fully saturated rings. The number of fused-ring (bicyclic) bond motifs is 1. The summed E-state index contributed by atoms with van der Waals surface area (Å²) in [5, 5.41) is 10.9. The molecule has 20 heavy (non-hydrogen) atoms. The fourth-order valence-electron chi connectivity index (χ4n) is 1.92. The number of rotatable bonds is 3. The number of nitrogens with zero attached hydrogens (tertiary/aromatic N) is 4. The Kier molecular flexibility index (Phi) is 3.02. The highest BCUT2D eigenvalue weighted by molar-refractivity contribution is 5.62. The highest BCUT2D eigenvalue weighted by Crippen LogP contribution is 2.15. The van der Waals surface area contributed by atoms with Crippen molar-refractivity contribution in [1.82, 2.24) is 19.6 Å². The van der Waals surface area contributed by atoms with Crippen molar-refractivity contribution < 1.29 is 8.78 Å². The van der Waals surface area contributed by atoms with E-state index < -0.39 is 11.6 Å². The van der Waals surface area contributed by atoms with E-state index in [1.54, 1.807) is 16.8 Å². The number of benzene rings is 1. The Balaban J connectivity index is 1.88. The summed E-state index contributed by atoms with van der Waals surface area (Å²) in [6, 6.07) is 3.33. The molecule has 0 saturated carbocycles. The Hall–Kier alpha value is -2.57. The van der Waals surface area contributed by atoms with Crippen molar-refractivity contribution in [3.05, 3.63) is 53.6 Å². The van der Waals surface area contributed by atoms with Gasteiger partial charge in [0, 0.05) is 24.5 Å². The van der Waals surface area contributed by atoms with Crippen molar-refractivity contribution in [2.45, 2.75) is 13.5 Å². The number of anilines is 1. The molecule has 0 aliphatic heterocycles. The van der Waals surface area contributed by atoms with E-state index >= 15 is 0 Å². The molecule has 3 rings (SSSR count). The summed E-state index contributed by atoms with van der Waals surface area (Å²) in [4.78, 5) is 4.14. The predicted octanol–water partition coefficient (Wildman–Crippen LogP) is 2.32. The lowest BCUT2D eigenvalue weighted by Gasteiger charge is -2.07. The number of hydrogen-bond donors (Lipinski definition) is 1. The molecule has 0 aliphatic rings. The molecule has 0 amide bonds. The monoisotopic (exact) mass is 275 g/mol. The predicted molar refractivity (Wildman–Crippen MR) is 69.2 cm³/mol. The van der Waals surface area contributed by atoms with Gasteiger partial charge in [0.1, 0.15) is 17.5 Å². The maximum Gasteiger partial charge on any atom is 0.203 e. The van der Waals surface area contributed by atoms with E-state index in [9.17, 15) is 8.78 Å². The Morgan fingerprint density at radius 3 is 2.95 bits per heavy atom. The third-order valence-electron chi connectivity index (χ3n) is 2.95. The molecule has 0 saturated heterocycles. The summed E-state index contributed by atoms with van der Waals surface area (Å²) in [5.41, 5.74) is 0.770. The first-order valence-electron chi connectivity index (χ1n) is 5.99. The molecule has 0 spiro atoms. The van der Waals surface area contributed by atoms with Crippen LogP contribution in [-0.4, -0.2) is 19.6 Å². The van der Waals surface area contributed by atoms with Gasteiger partial charge in [-0.15, -0.1) is 10.2 Å². The lowest BCUT2D eigenvalue weighted by Crippen LogP contribution is -2.05. The molecule has 0 radical (unpaired) electrons. The van der Waals surface area contributed by atoms with Crippen molar-refractivity contribution >= 4 is 11.5 Å². The third-order valence-corrected chi connectivity index (χ3v) is 2.95. The van der Waals surface area contributed by atoms with Gasteiger partial charge in [0.05, 0.1) is 0 Å². The minimum atomic E-state index is -0.479. The Morgan fingerprint density at radius 2 is 2.10 bits per heavy atom. The molecule has 1 N–H and O–H groups in total. The van der Waals surface area contributed by atoms with E-state index in [1.807, 2.05) is 6.92 Å². The normalized spacial score (nSPS) is 10.9. The third kappa shape index (κ3) is 2.18. The Labute approximate surface area is 113 Å². The second-order valence-electron chi connectivity index (χ2n) is 4.31. The molecule has 7 heteroatoms. The highest BCUT2D eigenvalue weighted by atomic mass is 19.1. The van der Waals surface area contributed by atoms with Crippen LogP contribution in [0.5, 0.6) is 0 Å². The van der Waals surface area contributed by atoms with E-state index in [0.717, 1.165) is 24.0 Å². The van der Waals surface area contributed by atoms with Crippen molar-refractivity contribution in [2.24, 2.45) is 0 Å². The standard InChI is InChI=1S/C13H11F2N5/c1-8-18-19-13-12(16-4-5-20(8)13)17-7-9-6-10(14)2-3-11(9)15/h2-6H,7H2,1H3,(H,16,17). The number of nitrogens with one attached hydrogen (secondary N) is 1. The van der Waals surface area contributed by atoms with Crippen LogP contribution in [-0.2, 0) is 6.54 Å².